The molecule has 0 spiro atoms. The summed E-state index contributed by atoms with van der Waals surface area (Å²) in [7, 11) is 1.38. The van der Waals surface area contributed by atoms with Crippen LogP contribution in [-0.2, 0) is 8.34 Å². The number of alkyl halides is 1. The van der Waals surface area contributed by atoms with Crippen molar-refractivity contribution in [3.05, 3.63) is 47.5 Å². The number of hydrogen-bond acceptors (Lipinski definition) is 3. The number of rotatable bonds is 6. The Morgan fingerprint density at radius 3 is 2.73 bits per heavy atom. The van der Waals surface area contributed by atoms with E-state index in [1.807, 2.05) is 30.3 Å². The summed E-state index contributed by atoms with van der Waals surface area (Å²) in [6.07, 6.45) is 3.97. The van der Waals surface area contributed by atoms with Crippen molar-refractivity contribution < 1.29 is 14.6 Å². The standard InChI is InChI=1S/C18H21IO3/c1-3-4-5-11-18(19,21)14-9-10-15-13(12-14)7-6-8-16(15)17(20)22-2/h6-10,12,21H,3-5,11H2,1-2H3. The molecule has 0 aliphatic carbocycles. The van der Waals surface area contributed by atoms with Crippen LogP contribution in [0.3, 0.4) is 0 Å². The van der Waals surface area contributed by atoms with E-state index < -0.39 is 3.61 Å². The van der Waals surface area contributed by atoms with E-state index in [1.165, 1.54) is 7.11 Å². The molecule has 0 saturated heterocycles. The fourth-order valence-corrected chi connectivity index (χ4v) is 3.28. The molecule has 0 radical (unpaired) electrons. The summed E-state index contributed by atoms with van der Waals surface area (Å²) in [5.41, 5.74) is 1.42. The van der Waals surface area contributed by atoms with E-state index in [4.69, 9.17) is 4.74 Å². The van der Waals surface area contributed by atoms with E-state index >= 15 is 0 Å². The smallest absolute Gasteiger partial charge is 0.338 e. The normalized spacial score (nSPS) is 13.8. The molecule has 0 bridgehead atoms. The fourth-order valence-electron chi connectivity index (χ4n) is 2.56. The average Bonchev–Trinajstić information content (AvgIpc) is 2.53. The summed E-state index contributed by atoms with van der Waals surface area (Å²) in [6.45, 7) is 2.15. The number of hydrogen-bond donors (Lipinski definition) is 1. The highest BCUT2D eigenvalue weighted by molar-refractivity contribution is 14.1. The van der Waals surface area contributed by atoms with Crippen molar-refractivity contribution in [1.29, 1.82) is 0 Å². The number of halogens is 1. The first-order valence-corrected chi connectivity index (χ1v) is 8.60. The van der Waals surface area contributed by atoms with Gasteiger partial charge in [0.2, 0.25) is 0 Å². The molecule has 0 aliphatic heterocycles. The minimum absolute atomic E-state index is 0.342. The zero-order chi connectivity index (χ0) is 16.2. The summed E-state index contributed by atoms with van der Waals surface area (Å²) >= 11 is 2.11. The van der Waals surface area contributed by atoms with Gasteiger partial charge in [-0.3, -0.25) is 0 Å². The van der Waals surface area contributed by atoms with E-state index in [0.717, 1.165) is 42.0 Å². The van der Waals surface area contributed by atoms with Crippen LogP contribution in [0, 0.1) is 0 Å². The lowest BCUT2D eigenvalue weighted by molar-refractivity contribution is 0.0603. The Morgan fingerprint density at radius 2 is 2.05 bits per heavy atom. The zero-order valence-electron chi connectivity index (χ0n) is 12.9. The van der Waals surface area contributed by atoms with Gasteiger partial charge in [-0.2, -0.15) is 0 Å². The van der Waals surface area contributed by atoms with Crippen LogP contribution in [0.5, 0.6) is 0 Å². The van der Waals surface area contributed by atoms with Crippen molar-refractivity contribution in [3.63, 3.8) is 0 Å². The summed E-state index contributed by atoms with van der Waals surface area (Å²) in [4.78, 5) is 11.8. The molecule has 0 fully saturated rings. The largest absolute Gasteiger partial charge is 0.465 e. The van der Waals surface area contributed by atoms with Crippen molar-refractivity contribution in [2.75, 3.05) is 7.11 Å². The Bertz CT molecular complexity index is 664. The highest BCUT2D eigenvalue weighted by Crippen LogP contribution is 2.36. The number of ether oxygens (including phenoxy) is 1. The Kier molecular flexibility index (Phi) is 5.81. The molecule has 22 heavy (non-hydrogen) atoms. The van der Waals surface area contributed by atoms with E-state index in [9.17, 15) is 9.90 Å². The second-order valence-electron chi connectivity index (χ2n) is 5.45. The maximum atomic E-state index is 11.8. The predicted molar refractivity (Wildman–Crippen MR) is 97.3 cm³/mol. The van der Waals surface area contributed by atoms with E-state index in [0.29, 0.717) is 5.56 Å². The second kappa shape index (κ2) is 7.42. The van der Waals surface area contributed by atoms with Gasteiger partial charge in [-0.15, -0.1) is 0 Å². The van der Waals surface area contributed by atoms with Crippen molar-refractivity contribution in [2.45, 2.75) is 36.2 Å². The van der Waals surface area contributed by atoms with Gasteiger partial charge in [0, 0.05) is 0 Å². The SMILES string of the molecule is CCCCCC(O)(I)c1ccc2c(C(=O)OC)cccc2c1. The second-order valence-corrected chi connectivity index (χ2v) is 7.23. The molecule has 2 rings (SSSR count). The number of methoxy groups -OCH3 is 1. The van der Waals surface area contributed by atoms with Crippen molar-refractivity contribution in [3.8, 4) is 0 Å². The molecule has 0 amide bonds. The highest BCUT2D eigenvalue weighted by Gasteiger charge is 2.25. The Labute approximate surface area is 144 Å². The van der Waals surface area contributed by atoms with Crippen LogP contribution < -0.4 is 0 Å². The number of benzene rings is 2. The van der Waals surface area contributed by atoms with Crippen LogP contribution in [-0.4, -0.2) is 18.2 Å². The first kappa shape index (κ1) is 17.2. The lowest BCUT2D eigenvalue weighted by Crippen LogP contribution is -2.16. The Morgan fingerprint density at radius 1 is 1.27 bits per heavy atom. The number of aliphatic hydroxyl groups is 1. The van der Waals surface area contributed by atoms with Gasteiger partial charge in [0.25, 0.3) is 0 Å². The maximum Gasteiger partial charge on any atom is 0.338 e. The molecule has 1 atom stereocenters. The van der Waals surface area contributed by atoms with Crippen LogP contribution in [0.4, 0.5) is 0 Å². The lowest BCUT2D eigenvalue weighted by atomic mass is 9.97. The van der Waals surface area contributed by atoms with Gasteiger partial charge in [-0.1, -0.05) is 44.0 Å². The molecule has 3 nitrogen and oxygen atoms in total. The monoisotopic (exact) mass is 412 g/mol. The van der Waals surface area contributed by atoms with Crippen molar-refractivity contribution in [1.82, 2.24) is 0 Å². The third kappa shape index (κ3) is 3.79. The molecule has 2 aromatic rings. The predicted octanol–water partition coefficient (Wildman–Crippen LogP) is 4.79. The molecule has 0 saturated carbocycles. The first-order valence-electron chi connectivity index (χ1n) is 7.52. The van der Waals surface area contributed by atoms with Crippen molar-refractivity contribution >= 4 is 39.3 Å². The van der Waals surface area contributed by atoms with Gasteiger partial charge in [0.15, 0.2) is 0 Å². The topological polar surface area (TPSA) is 46.5 Å². The fraction of sp³-hybridized carbons (Fsp3) is 0.389. The minimum atomic E-state index is -0.873. The molecule has 0 heterocycles. The highest BCUT2D eigenvalue weighted by atomic mass is 127. The molecule has 4 heteroatoms. The van der Waals surface area contributed by atoms with Crippen molar-refractivity contribution in [2.24, 2.45) is 0 Å². The third-order valence-electron chi connectivity index (χ3n) is 3.84. The number of carbonyl (C=O) groups is 1. The Balaban J connectivity index is 2.37. The summed E-state index contributed by atoms with van der Waals surface area (Å²) in [5, 5.41) is 12.5. The van der Waals surface area contributed by atoms with Gasteiger partial charge in [-0.05, 0) is 63.9 Å². The number of fused-ring (bicyclic) bond motifs is 1. The third-order valence-corrected chi connectivity index (χ3v) is 5.00. The molecule has 1 N–H and O–H groups in total. The maximum absolute atomic E-state index is 11.8. The molecule has 0 aliphatic rings. The van der Waals surface area contributed by atoms with Crippen LogP contribution >= 0.6 is 22.6 Å². The van der Waals surface area contributed by atoms with Crippen LogP contribution in [0.2, 0.25) is 0 Å². The van der Waals surface area contributed by atoms with Gasteiger partial charge in [0.05, 0.1) is 12.7 Å². The quantitative estimate of drug-likeness (QED) is 0.321. The summed E-state index contributed by atoms with van der Waals surface area (Å²) in [5.74, 6) is -0.342. The molecular formula is C18H21IO3. The molecule has 0 aromatic heterocycles. The Hall–Kier alpha value is -1.14. The summed E-state index contributed by atoms with van der Waals surface area (Å²) in [6, 6.07) is 11.3. The van der Waals surface area contributed by atoms with Crippen LogP contribution in [0.15, 0.2) is 36.4 Å². The molecule has 2 aromatic carbocycles. The minimum Gasteiger partial charge on any atom is -0.465 e. The van der Waals surface area contributed by atoms with E-state index in [-0.39, 0.29) is 5.97 Å². The zero-order valence-corrected chi connectivity index (χ0v) is 15.1. The van der Waals surface area contributed by atoms with Gasteiger partial charge in [0.1, 0.15) is 3.61 Å². The van der Waals surface area contributed by atoms with E-state index in [1.54, 1.807) is 6.07 Å². The number of esters is 1. The molecule has 1 unspecified atom stereocenters. The van der Waals surface area contributed by atoms with Gasteiger partial charge in [-0.25, -0.2) is 4.79 Å². The summed E-state index contributed by atoms with van der Waals surface area (Å²) < 4.78 is 3.94. The van der Waals surface area contributed by atoms with E-state index in [2.05, 4.69) is 29.5 Å². The average molecular weight is 412 g/mol. The molecule has 118 valence electrons. The first-order chi connectivity index (χ1) is 10.5. The number of carbonyl (C=O) groups excluding carboxylic acids is 1. The van der Waals surface area contributed by atoms with Crippen LogP contribution in [0.1, 0.15) is 48.5 Å². The van der Waals surface area contributed by atoms with Gasteiger partial charge >= 0.3 is 5.97 Å². The molecular weight excluding hydrogens is 391 g/mol. The van der Waals surface area contributed by atoms with Gasteiger partial charge < -0.3 is 9.84 Å². The number of unbranched alkanes of at least 4 members (excludes halogenated alkanes) is 2. The lowest BCUT2D eigenvalue weighted by Gasteiger charge is -2.22. The van der Waals surface area contributed by atoms with Crippen LogP contribution in [0.25, 0.3) is 10.8 Å².